The minimum absolute atomic E-state index is 0.129. The van der Waals surface area contributed by atoms with Gasteiger partial charge >= 0.3 is 0 Å². The lowest BCUT2D eigenvalue weighted by Crippen LogP contribution is -2.33. The molecule has 0 aliphatic carbocycles. The van der Waals surface area contributed by atoms with Gasteiger partial charge in [-0.1, -0.05) is 0 Å². The first kappa shape index (κ1) is 9.95. The summed E-state index contributed by atoms with van der Waals surface area (Å²) in [4.78, 5) is 3.92. The highest BCUT2D eigenvalue weighted by molar-refractivity contribution is 5.47. The molecule has 1 rings (SSSR count). The number of pyridine rings is 1. The molecule has 0 bridgehead atoms. The van der Waals surface area contributed by atoms with E-state index in [2.05, 4.69) is 4.98 Å². The van der Waals surface area contributed by atoms with E-state index in [0.29, 0.717) is 11.4 Å². The Morgan fingerprint density at radius 2 is 2.23 bits per heavy atom. The molecule has 0 aromatic carbocycles. The summed E-state index contributed by atoms with van der Waals surface area (Å²) in [5.41, 5.74) is 11.5. The Hall–Kier alpha value is -1.13. The molecule has 1 aromatic heterocycles. The third-order valence-electron chi connectivity index (χ3n) is 2.12. The van der Waals surface area contributed by atoms with Crippen LogP contribution in [0.2, 0.25) is 0 Å². The van der Waals surface area contributed by atoms with Crippen LogP contribution >= 0.6 is 0 Å². The van der Waals surface area contributed by atoms with E-state index in [-0.39, 0.29) is 6.54 Å². The van der Waals surface area contributed by atoms with Gasteiger partial charge in [0.1, 0.15) is 11.4 Å². The van der Waals surface area contributed by atoms with Gasteiger partial charge in [-0.25, -0.2) is 4.98 Å². The van der Waals surface area contributed by atoms with E-state index in [1.165, 1.54) is 0 Å². The number of aliphatic hydroxyl groups is 1. The zero-order chi connectivity index (χ0) is 10.1. The van der Waals surface area contributed by atoms with Gasteiger partial charge in [0, 0.05) is 18.3 Å². The summed E-state index contributed by atoms with van der Waals surface area (Å²) in [5.74, 6) is 0.343. The van der Waals surface area contributed by atoms with Gasteiger partial charge < -0.3 is 16.6 Å². The molecule has 1 heterocycles. The van der Waals surface area contributed by atoms with Gasteiger partial charge in [0.2, 0.25) is 0 Å². The molecule has 0 saturated heterocycles. The summed E-state index contributed by atoms with van der Waals surface area (Å²) < 4.78 is 0. The first-order valence-electron chi connectivity index (χ1n) is 4.13. The van der Waals surface area contributed by atoms with Gasteiger partial charge in [-0.15, -0.1) is 0 Å². The quantitative estimate of drug-likeness (QED) is 0.605. The summed E-state index contributed by atoms with van der Waals surface area (Å²) >= 11 is 0. The van der Waals surface area contributed by atoms with Crippen LogP contribution in [0.15, 0.2) is 12.3 Å². The molecule has 72 valence electrons. The topological polar surface area (TPSA) is 85.2 Å². The van der Waals surface area contributed by atoms with Gasteiger partial charge in [-0.2, -0.15) is 0 Å². The Kier molecular flexibility index (Phi) is 2.54. The van der Waals surface area contributed by atoms with Crippen LogP contribution in [0.1, 0.15) is 18.1 Å². The van der Waals surface area contributed by atoms with Crippen molar-refractivity contribution >= 4 is 5.82 Å². The molecule has 0 fully saturated rings. The van der Waals surface area contributed by atoms with Gasteiger partial charge in [0.25, 0.3) is 0 Å². The average molecular weight is 181 g/mol. The van der Waals surface area contributed by atoms with E-state index in [1.54, 1.807) is 19.2 Å². The van der Waals surface area contributed by atoms with Crippen LogP contribution in [-0.4, -0.2) is 16.6 Å². The van der Waals surface area contributed by atoms with E-state index in [9.17, 15) is 5.11 Å². The Bertz CT molecular complexity index is 289. The minimum atomic E-state index is -1.09. The van der Waals surface area contributed by atoms with Crippen LogP contribution in [0.4, 0.5) is 5.82 Å². The smallest absolute Gasteiger partial charge is 0.129 e. The van der Waals surface area contributed by atoms with Crippen molar-refractivity contribution in [1.29, 1.82) is 0 Å². The van der Waals surface area contributed by atoms with Gasteiger partial charge in [0.15, 0.2) is 0 Å². The number of nitrogen functional groups attached to an aromatic ring is 1. The van der Waals surface area contributed by atoms with Crippen molar-refractivity contribution in [1.82, 2.24) is 4.98 Å². The predicted molar refractivity (Wildman–Crippen MR) is 52.0 cm³/mol. The highest BCUT2D eigenvalue weighted by atomic mass is 16.3. The SMILES string of the molecule is Cc1ccnc(N)c1C(C)(O)CN. The third-order valence-corrected chi connectivity index (χ3v) is 2.12. The number of rotatable bonds is 2. The summed E-state index contributed by atoms with van der Waals surface area (Å²) in [7, 11) is 0. The first-order valence-corrected chi connectivity index (χ1v) is 4.13. The maximum Gasteiger partial charge on any atom is 0.129 e. The van der Waals surface area contributed by atoms with Crippen LogP contribution < -0.4 is 11.5 Å². The molecule has 0 spiro atoms. The van der Waals surface area contributed by atoms with Crippen LogP contribution in [0.5, 0.6) is 0 Å². The van der Waals surface area contributed by atoms with Crippen LogP contribution in [0.25, 0.3) is 0 Å². The highest BCUT2D eigenvalue weighted by Crippen LogP contribution is 2.26. The number of nitrogens with two attached hydrogens (primary N) is 2. The average Bonchev–Trinajstić information content (AvgIpc) is 2.03. The molecule has 1 unspecified atom stereocenters. The molecule has 1 atom stereocenters. The lowest BCUT2D eigenvalue weighted by Gasteiger charge is -2.24. The van der Waals surface area contributed by atoms with E-state index >= 15 is 0 Å². The molecule has 0 amide bonds. The van der Waals surface area contributed by atoms with Crippen LogP contribution in [-0.2, 0) is 5.60 Å². The number of nitrogens with zero attached hydrogens (tertiary/aromatic N) is 1. The molecule has 1 aromatic rings. The maximum atomic E-state index is 9.91. The van der Waals surface area contributed by atoms with E-state index in [1.807, 2.05) is 6.92 Å². The Balaban J connectivity index is 3.28. The van der Waals surface area contributed by atoms with Crippen molar-refractivity contribution in [2.75, 3.05) is 12.3 Å². The number of aromatic nitrogens is 1. The molecule has 4 heteroatoms. The first-order chi connectivity index (χ1) is 5.99. The number of anilines is 1. The normalized spacial score (nSPS) is 15.4. The largest absolute Gasteiger partial charge is 0.384 e. The van der Waals surface area contributed by atoms with Crippen LogP contribution in [0, 0.1) is 6.92 Å². The van der Waals surface area contributed by atoms with Crippen molar-refractivity contribution in [3.05, 3.63) is 23.4 Å². The molecule has 0 aliphatic rings. The monoisotopic (exact) mass is 181 g/mol. The van der Waals surface area contributed by atoms with E-state index < -0.39 is 5.60 Å². The number of hydrogen-bond donors (Lipinski definition) is 3. The second-order valence-electron chi connectivity index (χ2n) is 3.37. The molecule has 4 nitrogen and oxygen atoms in total. The zero-order valence-corrected chi connectivity index (χ0v) is 7.91. The summed E-state index contributed by atoms with van der Waals surface area (Å²) in [6, 6.07) is 1.80. The molecule has 0 radical (unpaired) electrons. The standard InChI is InChI=1S/C9H15N3O/c1-6-3-4-12-8(11)7(6)9(2,13)5-10/h3-4,13H,5,10H2,1-2H3,(H2,11,12). The molecule has 5 N–H and O–H groups in total. The van der Waals surface area contributed by atoms with Gasteiger partial charge in [0.05, 0.1) is 0 Å². The molecular formula is C9H15N3O. The second kappa shape index (κ2) is 3.32. The Labute approximate surface area is 77.6 Å². The van der Waals surface area contributed by atoms with Crippen molar-refractivity contribution < 1.29 is 5.11 Å². The Morgan fingerprint density at radius 3 is 2.69 bits per heavy atom. The predicted octanol–water partition coefficient (Wildman–Crippen LogP) is 0.138. The lowest BCUT2D eigenvalue weighted by molar-refractivity contribution is 0.0667. The fourth-order valence-corrected chi connectivity index (χ4v) is 1.38. The summed E-state index contributed by atoms with van der Waals surface area (Å²) in [5, 5.41) is 9.91. The summed E-state index contributed by atoms with van der Waals surface area (Å²) in [6.45, 7) is 3.63. The fraction of sp³-hybridized carbons (Fsp3) is 0.444. The number of hydrogen-bond acceptors (Lipinski definition) is 4. The Morgan fingerprint density at radius 1 is 1.62 bits per heavy atom. The fourth-order valence-electron chi connectivity index (χ4n) is 1.38. The maximum absolute atomic E-state index is 9.91. The van der Waals surface area contributed by atoms with Gasteiger partial charge in [-0.3, -0.25) is 0 Å². The molecule has 0 saturated carbocycles. The molecule has 13 heavy (non-hydrogen) atoms. The third kappa shape index (κ3) is 1.79. The number of aryl methyl sites for hydroxylation is 1. The second-order valence-corrected chi connectivity index (χ2v) is 3.37. The van der Waals surface area contributed by atoms with E-state index in [4.69, 9.17) is 11.5 Å². The lowest BCUT2D eigenvalue weighted by atomic mass is 9.93. The molecule has 0 aliphatic heterocycles. The van der Waals surface area contributed by atoms with Crippen molar-refractivity contribution in [2.45, 2.75) is 19.4 Å². The highest BCUT2D eigenvalue weighted by Gasteiger charge is 2.25. The van der Waals surface area contributed by atoms with Crippen molar-refractivity contribution in [2.24, 2.45) is 5.73 Å². The minimum Gasteiger partial charge on any atom is -0.384 e. The molecular weight excluding hydrogens is 166 g/mol. The van der Waals surface area contributed by atoms with Gasteiger partial charge in [-0.05, 0) is 25.5 Å². The van der Waals surface area contributed by atoms with Crippen LogP contribution in [0.3, 0.4) is 0 Å². The zero-order valence-electron chi connectivity index (χ0n) is 7.91. The van der Waals surface area contributed by atoms with Crippen molar-refractivity contribution in [3.8, 4) is 0 Å². The van der Waals surface area contributed by atoms with Crippen molar-refractivity contribution in [3.63, 3.8) is 0 Å². The van der Waals surface area contributed by atoms with E-state index in [0.717, 1.165) is 5.56 Å². The summed E-state index contributed by atoms with van der Waals surface area (Å²) in [6.07, 6.45) is 1.61.